The fourth-order valence-corrected chi connectivity index (χ4v) is 2.07. The van der Waals surface area contributed by atoms with E-state index in [9.17, 15) is 4.79 Å². The zero-order valence-electron chi connectivity index (χ0n) is 10.5. The first-order valence-electron chi connectivity index (χ1n) is 5.35. The zero-order chi connectivity index (χ0) is 13.0. The van der Waals surface area contributed by atoms with Gasteiger partial charge in [0.25, 0.3) is 0 Å². The average Bonchev–Trinajstić information content (AvgIpc) is 2.58. The van der Waals surface area contributed by atoms with Crippen LogP contribution in [0, 0.1) is 6.92 Å². The van der Waals surface area contributed by atoms with Gasteiger partial charge in [-0.2, -0.15) is 5.10 Å². The van der Waals surface area contributed by atoms with Crippen molar-refractivity contribution in [2.45, 2.75) is 33.1 Å². The van der Waals surface area contributed by atoms with Crippen molar-refractivity contribution in [3.63, 3.8) is 0 Å². The van der Waals surface area contributed by atoms with E-state index in [0.717, 1.165) is 22.4 Å². The normalized spacial score (nSPS) is 11.2. The lowest BCUT2D eigenvalue weighted by molar-refractivity contribution is -0.156. The van der Waals surface area contributed by atoms with E-state index in [4.69, 9.17) is 9.47 Å². The Hall–Kier alpha value is -0.720. The number of aromatic nitrogens is 2. The third kappa shape index (κ3) is 3.14. The van der Waals surface area contributed by atoms with Crippen molar-refractivity contribution in [3.05, 3.63) is 15.9 Å². The highest BCUT2D eigenvalue weighted by Crippen LogP contribution is 2.22. The van der Waals surface area contributed by atoms with Gasteiger partial charge in [-0.15, -0.1) is 0 Å². The molecule has 0 aromatic carbocycles. The molecule has 0 N–H and O–H groups in total. The van der Waals surface area contributed by atoms with E-state index in [1.54, 1.807) is 4.68 Å². The van der Waals surface area contributed by atoms with Gasteiger partial charge in [0, 0.05) is 20.8 Å². The Morgan fingerprint density at radius 3 is 2.53 bits per heavy atom. The molecule has 1 aromatic rings. The van der Waals surface area contributed by atoms with Crippen molar-refractivity contribution in [1.82, 2.24) is 9.78 Å². The monoisotopic (exact) mass is 304 g/mol. The molecule has 0 unspecified atom stereocenters. The lowest BCUT2D eigenvalue weighted by Gasteiger charge is -2.12. The molecule has 0 amide bonds. The summed E-state index contributed by atoms with van der Waals surface area (Å²) < 4.78 is 12.6. The molecular weight excluding hydrogens is 288 g/mol. The van der Waals surface area contributed by atoms with Crippen LogP contribution < -0.4 is 0 Å². The molecule has 0 bridgehead atoms. The SMILES string of the molecule is CCn1nc(C)c(Br)c1CC(=O)C(OC)OC. The number of aryl methyl sites for hydroxylation is 2. The molecule has 1 aromatic heterocycles. The lowest BCUT2D eigenvalue weighted by atomic mass is 10.2. The van der Waals surface area contributed by atoms with Crippen molar-refractivity contribution in [3.8, 4) is 0 Å². The number of rotatable bonds is 6. The highest BCUT2D eigenvalue weighted by molar-refractivity contribution is 9.10. The van der Waals surface area contributed by atoms with Crippen LogP contribution in [0.25, 0.3) is 0 Å². The number of methoxy groups -OCH3 is 2. The van der Waals surface area contributed by atoms with Crippen LogP contribution in [0.2, 0.25) is 0 Å². The van der Waals surface area contributed by atoms with Gasteiger partial charge in [-0.25, -0.2) is 0 Å². The molecule has 0 atom stereocenters. The van der Waals surface area contributed by atoms with E-state index in [1.165, 1.54) is 14.2 Å². The number of ether oxygens (including phenoxy) is 2. The van der Waals surface area contributed by atoms with Gasteiger partial charge in [-0.05, 0) is 29.8 Å². The standard InChI is InChI=1S/C11H17BrN2O3/c1-5-14-8(10(12)7(2)13-14)6-9(15)11(16-3)17-4/h11H,5-6H2,1-4H3. The quantitative estimate of drug-likeness (QED) is 0.751. The topological polar surface area (TPSA) is 53.4 Å². The Kier molecular flexibility index (Phi) is 5.30. The first kappa shape index (κ1) is 14.3. The van der Waals surface area contributed by atoms with Crippen LogP contribution in [0.3, 0.4) is 0 Å². The number of hydrogen-bond acceptors (Lipinski definition) is 4. The fourth-order valence-electron chi connectivity index (χ4n) is 1.65. The Morgan fingerprint density at radius 2 is 2.06 bits per heavy atom. The number of ketones is 1. The van der Waals surface area contributed by atoms with E-state index in [-0.39, 0.29) is 12.2 Å². The van der Waals surface area contributed by atoms with Crippen LogP contribution in [0.15, 0.2) is 4.47 Å². The maximum Gasteiger partial charge on any atom is 0.217 e. The van der Waals surface area contributed by atoms with Crippen molar-refractivity contribution < 1.29 is 14.3 Å². The molecular formula is C11H17BrN2O3. The fraction of sp³-hybridized carbons (Fsp3) is 0.636. The minimum Gasteiger partial charge on any atom is -0.349 e. The Bertz CT molecular complexity index is 400. The van der Waals surface area contributed by atoms with Gasteiger partial charge >= 0.3 is 0 Å². The summed E-state index contributed by atoms with van der Waals surface area (Å²) in [5.74, 6) is -0.120. The van der Waals surface area contributed by atoms with E-state index in [0.29, 0.717) is 0 Å². The predicted octanol–water partition coefficient (Wildman–Crippen LogP) is 1.70. The van der Waals surface area contributed by atoms with Gasteiger partial charge in [0.15, 0.2) is 5.78 Å². The Morgan fingerprint density at radius 1 is 1.47 bits per heavy atom. The number of nitrogens with zero attached hydrogens (tertiary/aromatic N) is 2. The molecule has 0 aliphatic heterocycles. The molecule has 17 heavy (non-hydrogen) atoms. The number of hydrogen-bond donors (Lipinski definition) is 0. The second-order valence-corrected chi connectivity index (χ2v) is 4.40. The summed E-state index contributed by atoms with van der Waals surface area (Å²) in [6.07, 6.45) is -0.580. The first-order valence-corrected chi connectivity index (χ1v) is 6.14. The van der Waals surface area contributed by atoms with Crippen LogP contribution in [-0.2, 0) is 27.2 Å². The number of carbonyl (C=O) groups excluding carboxylic acids is 1. The van der Waals surface area contributed by atoms with Crippen molar-refractivity contribution in [2.24, 2.45) is 0 Å². The Labute approximate surface area is 109 Å². The van der Waals surface area contributed by atoms with Gasteiger partial charge in [-0.1, -0.05) is 0 Å². The maximum atomic E-state index is 11.9. The van der Waals surface area contributed by atoms with Gasteiger partial charge in [0.05, 0.1) is 22.3 Å². The molecule has 0 saturated heterocycles. The molecule has 0 fully saturated rings. The molecule has 96 valence electrons. The summed E-state index contributed by atoms with van der Waals surface area (Å²) in [5, 5.41) is 4.33. The maximum absolute atomic E-state index is 11.9. The molecule has 0 radical (unpaired) electrons. The summed E-state index contributed by atoms with van der Waals surface area (Å²) in [7, 11) is 2.90. The molecule has 0 aliphatic rings. The third-order valence-corrected chi connectivity index (χ3v) is 3.52. The van der Waals surface area contributed by atoms with E-state index in [1.807, 2.05) is 13.8 Å². The lowest BCUT2D eigenvalue weighted by Crippen LogP contribution is -2.27. The highest BCUT2D eigenvalue weighted by atomic mass is 79.9. The van der Waals surface area contributed by atoms with E-state index < -0.39 is 6.29 Å². The second kappa shape index (κ2) is 6.28. The minimum absolute atomic E-state index is 0.120. The second-order valence-electron chi connectivity index (χ2n) is 3.61. The highest BCUT2D eigenvalue weighted by Gasteiger charge is 2.21. The summed E-state index contributed by atoms with van der Waals surface area (Å²) >= 11 is 3.45. The summed E-state index contributed by atoms with van der Waals surface area (Å²) in [6, 6.07) is 0. The molecule has 0 aliphatic carbocycles. The molecule has 0 spiro atoms. The van der Waals surface area contributed by atoms with Crippen LogP contribution in [0.5, 0.6) is 0 Å². The van der Waals surface area contributed by atoms with Gasteiger partial charge < -0.3 is 9.47 Å². The smallest absolute Gasteiger partial charge is 0.217 e. The van der Waals surface area contributed by atoms with Gasteiger partial charge in [0.2, 0.25) is 6.29 Å². The van der Waals surface area contributed by atoms with Crippen molar-refractivity contribution >= 4 is 21.7 Å². The van der Waals surface area contributed by atoms with Crippen LogP contribution >= 0.6 is 15.9 Å². The molecule has 1 heterocycles. The molecule has 5 nitrogen and oxygen atoms in total. The summed E-state index contributed by atoms with van der Waals surface area (Å²) in [6.45, 7) is 4.60. The molecule has 0 saturated carbocycles. The summed E-state index contributed by atoms with van der Waals surface area (Å²) in [4.78, 5) is 11.9. The minimum atomic E-state index is -0.817. The van der Waals surface area contributed by atoms with Crippen molar-refractivity contribution in [2.75, 3.05) is 14.2 Å². The van der Waals surface area contributed by atoms with Gasteiger partial charge in [0.1, 0.15) is 0 Å². The average molecular weight is 305 g/mol. The number of Topliss-reactive ketones (excluding diaryl/α,β-unsaturated/α-hetero) is 1. The van der Waals surface area contributed by atoms with Crippen LogP contribution in [-0.4, -0.2) is 36.1 Å². The zero-order valence-corrected chi connectivity index (χ0v) is 12.1. The largest absolute Gasteiger partial charge is 0.349 e. The van der Waals surface area contributed by atoms with Crippen LogP contribution in [0.4, 0.5) is 0 Å². The van der Waals surface area contributed by atoms with E-state index >= 15 is 0 Å². The van der Waals surface area contributed by atoms with E-state index in [2.05, 4.69) is 21.0 Å². The summed E-state index contributed by atoms with van der Waals surface area (Å²) in [5.41, 5.74) is 1.73. The van der Waals surface area contributed by atoms with Crippen LogP contribution in [0.1, 0.15) is 18.3 Å². The third-order valence-electron chi connectivity index (χ3n) is 2.49. The number of halogens is 1. The van der Waals surface area contributed by atoms with Gasteiger partial charge in [-0.3, -0.25) is 9.48 Å². The molecule has 1 rings (SSSR count). The first-order chi connectivity index (χ1) is 8.04. The molecule has 6 heteroatoms. The predicted molar refractivity (Wildman–Crippen MR) is 66.9 cm³/mol. The Balaban J connectivity index is 2.91. The number of carbonyl (C=O) groups is 1. The van der Waals surface area contributed by atoms with Crippen molar-refractivity contribution in [1.29, 1.82) is 0 Å².